The van der Waals surface area contributed by atoms with Gasteiger partial charge in [-0.05, 0) is 96.3 Å². The number of nitrogens with one attached hydrogen (secondary N) is 1. The zero-order chi connectivity index (χ0) is 45.1. The number of quaternary nitrogens is 1. The maximum absolute atomic E-state index is 12.9. The summed E-state index contributed by atoms with van der Waals surface area (Å²) in [6.45, 7) is 4.24. The van der Waals surface area contributed by atoms with E-state index in [4.69, 9.17) is 9.05 Å². The van der Waals surface area contributed by atoms with E-state index in [-0.39, 0.29) is 18.9 Å². The largest absolute Gasteiger partial charge is 0.756 e. The van der Waals surface area contributed by atoms with Crippen LogP contribution in [0.5, 0.6) is 0 Å². The summed E-state index contributed by atoms with van der Waals surface area (Å²) >= 11 is 0. The predicted octanol–water partition coefficient (Wildman–Crippen LogP) is 12.1. The highest BCUT2D eigenvalue weighted by molar-refractivity contribution is 7.45. The summed E-state index contributed by atoms with van der Waals surface area (Å²) in [5, 5.41) is 24.6. The average molecular weight is 875 g/mol. The molecule has 0 saturated carbocycles. The van der Waals surface area contributed by atoms with E-state index in [1.165, 1.54) is 51.4 Å². The van der Waals surface area contributed by atoms with E-state index >= 15 is 0 Å². The SMILES string of the molecule is CC/C=C\C/C=C\C/C=C\C/C=C\C/C=C\CCCCCCCCCCCC(=O)NC(COP(=O)([O-])OCC[N+](C)(C)C)C(O)C(O)CCC/C=C/CC/C=C/CCCCC. The van der Waals surface area contributed by atoms with Gasteiger partial charge in [0.1, 0.15) is 19.3 Å². The summed E-state index contributed by atoms with van der Waals surface area (Å²) in [5.74, 6) is -0.304. The van der Waals surface area contributed by atoms with Crippen LogP contribution in [0.3, 0.4) is 0 Å². The Morgan fingerprint density at radius 3 is 1.57 bits per heavy atom. The maximum atomic E-state index is 12.9. The Morgan fingerprint density at radius 1 is 0.607 bits per heavy atom. The molecule has 10 heteroatoms. The van der Waals surface area contributed by atoms with Gasteiger partial charge in [-0.25, -0.2) is 0 Å². The Morgan fingerprint density at radius 2 is 1.05 bits per heavy atom. The van der Waals surface area contributed by atoms with Crippen molar-refractivity contribution in [2.75, 3.05) is 40.9 Å². The molecular weight excluding hydrogens is 784 g/mol. The second kappa shape index (κ2) is 41.6. The smallest absolute Gasteiger partial charge is 0.268 e. The number of phosphoric acid groups is 1. The zero-order valence-corrected chi connectivity index (χ0v) is 40.3. The quantitative estimate of drug-likeness (QED) is 0.0241. The summed E-state index contributed by atoms with van der Waals surface area (Å²) in [6, 6.07) is -1.10. The van der Waals surface area contributed by atoms with E-state index in [9.17, 15) is 24.5 Å². The first-order valence-electron chi connectivity index (χ1n) is 24.0. The highest BCUT2D eigenvalue weighted by Gasteiger charge is 2.29. The van der Waals surface area contributed by atoms with Gasteiger partial charge in [-0.2, -0.15) is 0 Å². The predicted molar refractivity (Wildman–Crippen MR) is 257 cm³/mol. The van der Waals surface area contributed by atoms with Crippen molar-refractivity contribution < 1.29 is 38.0 Å². The molecule has 4 unspecified atom stereocenters. The van der Waals surface area contributed by atoms with Gasteiger partial charge in [0.25, 0.3) is 7.82 Å². The van der Waals surface area contributed by atoms with Crippen molar-refractivity contribution in [2.45, 2.75) is 193 Å². The topological polar surface area (TPSA) is 128 Å². The number of phosphoric ester groups is 1. The molecule has 4 atom stereocenters. The number of nitrogens with zero attached hydrogens (tertiary/aromatic N) is 1. The van der Waals surface area contributed by atoms with Crippen LogP contribution in [0.1, 0.15) is 174 Å². The van der Waals surface area contributed by atoms with Crippen molar-refractivity contribution in [3.8, 4) is 0 Å². The van der Waals surface area contributed by atoms with Crippen LogP contribution in [0.25, 0.3) is 0 Å². The second-order valence-corrected chi connectivity index (χ2v) is 18.6. The van der Waals surface area contributed by atoms with Gasteiger partial charge in [0.05, 0.1) is 39.9 Å². The number of allylic oxidation sites excluding steroid dienone is 14. The van der Waals surface area contributed by atoms with Crippen LogP contribution in [0, 0.1) is 0 Å². The Bertz CT molecular complexity index is 1280. The molecular formula is C51H91N2O7P. The van der Waals surface area contributed by atoms with E-state index in [0.717, 1.165) is 83.5 Å². The van der Waals surface area contributed by atoms with Gasteiger partial charge in [-0.15, -0.1) is 0 Å². The first-order valence-corrected chi connectivity index (χ1v) is 25.5. The normalized spacial score (nSPS) is 15.5. The summed E-state index contributed by atoms with van der Waals surface area (Å²) < 4.78 is 23.1. The lowest BCUT2D eigenvalue weighted by Gasteiger charge is -2.31. The number of carbonyl (C=O) groups is 1. The molecule has 0 aliphatic rings. The lowest BCUT2D eigenvalue weighted by Crippen LogP contribution is -2.51. The molecule has 0 bridgehead atoms. The number of hydrogen-bond acceptors (Lipinski definition) is 7. The maximum Gasteiger partial charge on any atom is 0.268 e. The number of likely N-dealkylation sites (N-methyl/N-ethyl adjacent to an activating group) is 1. The Balaban J connectivity index is 4.41. The van der Waals surface area contributed by atoms with E-state index < -0.39 is 32.7 Å². The number of hydrogen-bond donors (Lipinski definition) is 3. The van der Waals surface area contributed by atoms with E-state index in [1.807, 2.05) is 21.1 Å². The Kier molecular flexibility index (Phi) is 40.0. The van der Waals surface area contributed by atoms with Crippen LogP contribution >= 0.6 is 7.82 Å². The number of aliphatic hydroxyl groups excluding tert-OH is 2. The highest BCUT2D eigenvalue weighted by Crippen LogP contribution is 2.38. The van der Waals surface area contributed by atoms with Crippen molar-refractivity contribution >= 4 is 13.7 Å². The molecule has 0 aliphatic heterocycles. The summed E-state index contributed by atoms with van der Waals surface area (Å²) in [7, 11) is 1.08. The highest BCUT2D eigenvalue weighted by atomic mass is 31.2. The van der Waals surface area contributed by atoms with Gasteiger partial charge in [0, 0.05) is 6.42 Å². The molecule has 0 aromatic rings. The lowest BCUT2D eigenvalue weighted by molar-refractivity contribution is -0.870. The van der Waals surface area contributed by atoms with Crippen molar-refractivity contribution in [3.05, 3.63) is 85.1 Å². The molecule has 1 amide bonds. The van der Waals surface area contributed by atoms with Gasteiger partial charge in [-0.1, -0.05) is 157 Å². The molecule has 0 aliphatic carbocycles. The van der Waals surface area contributed by atoms with Gasteiger partial charge < -0.3 is 34.0 Å². The number of rotatable bonds is 42. The number of aliphatic hydroxyl groups is 2. The molecule has 0 aromatic carbocycles. The van der Waals surface area contributed by atoms with Gasteiger partial charge in [0.2, 0.25) is 5.91 Å². The van der Waals surface area contributed by atoms with Crippen LogP contribution in [0.2, 0.25) is 0 Å². The third kappa shape index (κ3) is 42.7. The first-order chi connectivity index (χ1) is 29.4. The first kappa shape index (κ1) is 58.6. The van der Waals surface area contributed by atoms with Crippen LogP contribution in [0.15, 0.2) is 85.1 Å². The van der Waals surface area contributed by atoms with Crippen LogP contribution < -0.4 is 10.2 Å². The molecule has 0 rings (SSSR count). The van der Waals surface area contributed by atoms with Crippen molar-refractivity contribution in [1.82, 2.24) is 5.32 Å². The fourth-order valence-electron chi connectivity index (χ4n) is 6.35. The average Bonchev–Trinajstić information content (AvgIpc) is 3.21. The number of amides is 1. The third-order valence-corrected chi connectivity index (χ3v) is 11.2. The minimum Gasteiger partial charge on any atom is -0.756 e. The molecule has 9 nitrogen and oxygen atoms in total. The molecule has 0 aromatic heterocycles. The lowest BCUT2D eigenvalue weighted by atomic mass is 10.0. The van der Waals surface area contributed by atoms with Crippen LogP contribution in [-0.2, 0) is 18.4 Å². The fraction of sp³-hybridized carbons (Fsp3) is 0.706. The number of carbonyl (C=O) groups excluding carboxylic acids is 1. The molecule has 0 fully saturated rings. The van der Waals surface area contributed by atoms with E-state index in [0.29, 0.717) is 30.3 Å². The monoisotopic (exact) mass is 875 g/mol. The molecule has 3 N–H and O–H groups in total. The second-order valence-electron chi connectivity index (χ2n) is 17.2. The van der Waals surface area contributed by atoms with Crippen molar-refractivity contribution in [3.63, 3.8) is 0 Å². The van der Waals surface area contributed by atoms with Crippen LogP contribution in [0.4, 0.5) is 0 Å². The molecule has 0 saturated heterocycles. The summed E-state index contributed by atoms with van der Waals surface area (Å²) in [4.78, 5) is 25.4. The van der Waals surface area contributed by atoms with Crippen molar-refractivity contribution in [2.24, 2.45) is 0 Å². The molecule has 0 spiro atoms. The van der Waals surface area contributed by atoms with Gasteiger partial charge in [0.15, 0.2) is 0 Å². The summed E-state index contributed by atoms with van der Waals surface area (Å²) in [5.41, 5.74) is 0. The molecule has 0 heterocycles. The van der Waals surface area contributed by atoms with Crippen molar-refractivity contribution in [1.29, 1.82) is 0 Å². The van der Waals surface area contributed by atoms with E-state index in [2.05, 4.69) is 104 Å². The molecule has 352 valence electrons. The third-order valence-electron chi connectivity index (χ3n) is 10.2. The Labute approximate surface area is 374 Å². The zero-order valence-electron chi connectivity index (χ0n) is 39.4. The molecule has 0 radical (unpaired) electrons. The van der Waals surface area contributed by atoms with Crippen LogP contribution in [-0.4, -0.2) is 79.8 Å². The minimum atomic E-state index is -4.68. The van der Waals surface area contributed by atoms with Gasteiger partial charge >= 0.3 is 0 Å². The van der Waals surface area contributed by atoms with Gasteiger partial charge in [-0.3, -0.25) is 9.36 Å². The standard InChI is InChI=1S/C51H91N2O7P/c1-6-8-10-12-14-16-18-20-21-22-23-24-25-26-27-28-29-30-31-32-34-36-38-40-42-44-50(55)52-48(47-60-61(57,58)59-46-45-53(3,4)5)51(56)49(54)43-41-39-37-35-33-19-17-15-13-11-9-7-2/h8,10,14-17,20-21,23-24,26-27,35,37,48-49,51,54,56H,6-7,9,11-13,18-19,22,25,28-34,36,38-47H2,1-5H3,(H-,52,55,57,58)/b10-8-,16-14-,17-15+,21-20-,24-23-,27-26-,37-35+. The van der Waals surface area contributed by atoms with E-state index in [1.54, 1.807) is 0 Å². The number of unbranched alkanes of at least 4 members (excludes halogenated alkanes) is 14. The fourth-order valence-corrected chi connectivity index (χ4v) is 7.08. The Hall–Kier alpha value is -2.36. The minimum absolute atomic E-state index is 0.0545. The summed E-state index contributed by atoms with van der Waals surface area (Å²) in [6.07, 6.45) is 53.4. The molecule has 61 heavy (non-hydrogen) atoms.